The molecule has 0 saturated heterocycles. The molecule has 9 heteroatoms. The molecule has 1 aliphatic heterocycles. The summed E-state index contributed by atoms with van der Waals surface area (Å²) in [7, 11) is 0. The van der Waals surface area contributed by atoms with Gasteiger partial charge < -0.3 is 14.8 Å². The highest BCUT2D eigenvalue weighted by molar-refractivity contribution is 5.93. The van der Waals surface area contributed by atoms with Gasteiger partial charge in [-0.15, -0.1) is 0 Å². The van der Waals surface area contributed by atoms with Crippen LogP contribution in [-0.4, -0.2) is 17.3 Å². The fourth-order valence-electron chi connectivity index (χ4n) is 3.27. The first-order valence-electron chi connectivity index (χ1n) is 9.31. The number of carbonyl (C=O) groups excluding carboxylic acids is 1. The summed E-state index contributed by atoms with van der Waals surface area (Å²) in [5.74, 6) is 0.537. The van der Waals surface area contributed by atoms with Crippen LogP contribution in [0, 0.1) is 6.92 Å². The Labute approximate surface area is 174 Å². The van der Waals surface area contributed by atoms with Gasteiger partial charge in [-0.2, -0.15) is 13.2 Å². The standard InChI is InChI=1S/C22H17F3N2O4/c1-13-5-7-17(20(28)26-11-14-6-8-18-19(9-14)31-12-30-18)21(29)27(13)16-4-2-3-15(10-16)22(23,24)25/h2-10H,11-12H2,1H3,(H,26,28). The van der Waals surface area contributed by atoms with E-state index in [2.05, 4.69) is 5.32 Å². The van der Waals surface area contributed by atoms with E-state index in [1.54, 1.807) is 25.1 Å². The third-order valence-electron chi connectivity index (χ3n) is 4.84. The number of nitrogens with one attached hydrogen (secondary N) is 1. The number of aromatic nitrogens is 1. The number of benzene rings is 2. The van der Waals surface area contributed by atoms with Crippen molar-refractivity contribution in [2.45, 2.75) is 19.6 Å². The first-order valence-corrected chi connectivity index (χ1v) is 9.31. The molecule has 4 rings (SSSR count). The zero-order chi connectivity index (χ0) is 22.2. The van der Waals surface area contributed by atoms with Crippen LogP contribution in [0.2, 0.25) is 0 Å². The Hall–Kier alpha value is -3.75. The molecule has 6 nitrogen and oxygen atoms in total. The number of ether oxygens (including phenoxy) is 2. The van der Waals surface area contributed by atoms with Gasteiger partial charge in [-0.25, -0.2) is 0 Å². The number of hydrogen-bond donors (Lipinski definition) is 1. The van der Waals surface area contributed by atoms with Crippen LogP contribution in [0.25, 0.3) is 5.69 Å². The molecule has 160 valence electrons. The van der Waals surface area contributed by atoms with E-state index in [-0.39, 0.29) is 24.6 Å². The number of amides is 1. The molecule has 0 bridgehead atoms. The monoisotopic (exact) mass is 430 g/mol. The van der Waals surface area contributed by atoms with Crippen molar-refractivity contribution >= 4 is 5.91 Å². The van der Waals surface area contributed by atoms with E-state index in [1.807, 2.05) is 0 Å². The molecular weight excluding hydrogens is 413 g/mol. The fraction of sp³-hybridized carbons (Fsp3) is 0.182. The topological polar surface area (TPSA) is 69.6 Å². The molecular formula is C22H17F3N2O4. The molecule has 0 unspecified atom stereocenters. The number of nitrogens with zero attached hydrogens (tertiary/aromatic N) is 1. The van der Waals surface area contributed by atoms with Crippen LogP contribution < -0.4 is 20.3 Å². The Morgan fingerprint density at radius 3 is 2.61 bits per heavy atom. The van der Waals surface area contributed by atoms with Crippen molar-refractivity contribution < 1.29 is 27.4 Å². The third kappa shape index (κ3) is 4.11. The number of carbonyl (C=O) groups is 1. The van der Waals surface area contributed by atoms with E-state index in [1.165, 1.54) is 24.3 Å². The van der Waals surface area contributed by atoms with Crippen molar-refractivity contribution in [1.29, 1.82) is 0 Å². The molecule has 0 aliphatic carbocycles. The Balaban J connectivity index is 1.60. The predicted octanol–water partition coefficient (Wildman–Crippen LogP) is 3.82. The van der Waals surface area contributed by atoms with E-state index in [0.29, 0.717) is 17.2 Å². The molecule has 0 spiro atoms. The van der Waals surface area contributed by atoms with Crippen LogP contribution in [-0.2, 0) is 12.7 Å². The lowest BCUT2D eigenvalue weighted by Crippen LogP contribution is -2.33. The second-order valence-electron chi connectivity index (χ2n) is 6.95. The lowest BCUT2D eigenvalue weighted by atomic mass is 10.1. The maximum atomic E-state index is 13.1. The maximum absolute atomic E-state index is 13.1. The van der Waals surface area contributed by atoms with Gasteiger partial charge in [0.2, 0.25) is 6.79 Å². The van der Waals surface area contributed by atoms with Gasteiger partial charge in [0.15, 0.2) is 11.5 Å². The molecule has 0 saturated carbocycles. The molecule has 2 heterocycles. The van der Waals surface area contributed by atoms with E-state index in [4.69, 9.17) is 9.47 Å². The molecule has 1 aliphatic rings. The normalized spacial score (nSPS) is 12.6. The van der Waals surface area contributed by atoms with E-state index < -0.39 is 23.2 Å². The molecule has 2 aromatic carbocycles. The van der Waals surface area contributed by atoms with Gasteiger partial charge in [-0.05, 0) is 55.0 Å². The Morgan fingerprint density at radius 2 is 1.84 bits per heavy atom. The van der Waals surface area contributed by atoms with Crippen molar-refractivity contribution in [3.8, 4) is 17.2 Å². The summed E-state index contributed by atoms with van der Waals surface area (Å²) in [5, 5.41) is 2.65. The van der Waals surface area contributed by atoms with Crippen molar-refractivity contribution in [3.05, 3.63) is 87.3 Å². The van der Waals surface area contributed by atoms with Crippen molar-refractivity contribution in [2.24, 2.45) is 0 Å². The molecule has 1 aromatic heterocycles. The number of aryl methyl sites for hydroxylation is 1. The molecule has 0 radical (unpaired) electrons. The van der Waals surface area contributed by atoms with Gasteiger partial charge >= 0.3 is 6.18 Å². The summed E-state index contributed by atoms with van der Waals surface area (Å²) < 4.78 is 50.8. The zero-order valence-corrected chi connectivity index (χ0v) is 16.3. The number of pyridine rings is 1. The van der Waals surface area contributed by atoms with Gasteiger partial charge in [0, 0.05) is 17.9 Å². The summed E-state index contributed by atoms with van der Waals surface area (Å²) in [5.41, 5.74) is -0.595. The largest absolute Gasteiger partial charge is 0.454 e. The minimum atomic E-state index is -4.55. The molecule has 3 aromatic rings. The average Bonchev–Trinajstić information content (AvgIpc) is 3.20. The minimum Gasteiger partial charge on any atom is -0.454 e. The first kappa shape index (κ1) is 20.5. The van der Waals surface area contributed by atoms with Gasteiger partial charge in [-0.1, -0.05) is 12.1 Å². The Morgan fingerprint density at radius 1 is 1.06 bits per heavy atom. The highest BCUT2D eigenvalue weighted by Gasteiger charge is 2.30. The number of fused-ring (bicyclic) bond motifs is 1. The molecule has 1 amide bonds. The highest BCUT2D eigenvalue weighted by atomic mass is 19.4. The summed E-state index contributed by atoms with van der Waals surface area (Å²) in [6.45, 7) is 1.84. The quantitative estimate of drug-likeness (QED) is 0.683. The molecule has 0 atom stereocenters. The van der Waals surface area contributed by atoms with Crippen LogP contribution in [0.1, 0.15) is 27.2 Å². The number of hydrogen-bond acceptors (Lipinski definition) is 4. The minimum absolute atomic E-state index is 0.0303. The van der Waals surface area contributed by atoms with Gasteiger partial charge in [-0.3, -0.25) is 14.2 Å². The lowest BCUT2D eigenvalue weighted by Gasteiger charge is -2.14. The van der Waals surface area contributed by atoms with E-state index in [9.17, 15) is 22.8 Å². The van der Waals surface area contributed by atoms with E-state index >= 15 is 0 Å². The lowest BCUT2D eigenvalue weighted by molar-refractivity contribution is -0.137. The van der Waals surface area contributed by atoms with Crippen LogP contribution in [0.15, 0.2) is 59.4 Å². The van der Waals surface area contributed by atoms with Crippen LogP contribution in [0.4, 0.5) is 13.2 Å². The molecule has 0 fully saturated rings. The first-order chi connectivity index (χ1) is 14.7. The average molecular weight is 430 g/mol. The van der Waals surface area contributed by atoms with E-state index in [0.717, 1.165) is 22.3 Å². The summed E-state index contributed by atoms with van der Waals surface area (Å²) in [6, 6.07) is 12.5. The summed E-state index contributed by atoms with van der Waals surface area (Å²) >= 11 is 0. The maximum Gasteiger partial charge on any atom is 0.416 e. The summed E-state index contributed by atoms with van der Waals surface area (Å²) in [4.78, 5) is 25.6. The van der Waals surface area contributed by atoms with Gasteiger partial charge in [0.25, 0.3) is 11.5 Å². The fourth-order valence-corrected chi connectivity index (χ4v) is 3.27. The van der Waals surface area contributed by atoms with Crippen LogP contribution >= 0.6 is 0 Å². The van der Waals surface area contributed by atoms with Gasteiger partial charge in [0.05, 0.1) is 5.56 Å². The highest BCUT2D eigenvalue weighted by Crippen LogP contribution is 2.32. The van der Waals surface area contributed by atoms with Gasteiger partial charge in [0.1, 0.15) is 5.56 Å². The number of rotatable bonds is 4. The number of halogens is 3. The molecule has 31 heavy (non-hydrogen) atoms. The number of alkyl halides is 3. The van der Waals surface area contributed by atoms with Crippen LogP contribution in [0.5, 0.6) is 11.5 Å². The summed E-state index contributed by atoms with van der Waals surface area (Å²) in [6.07, 6.45) is -4.55. The second-order valence-corrected chi connectivity index (χ2v) is 6.95. The molecule has 1 N–H and O–H groups in total. The second kappa shape index (κ2) is 7.82. The third-order valence-corrected chi connectivity index (χ3v) is 4.84. The predicted molar refractivity (Wildman–Crippen MR) is 106 cm³/mol. The SMILES string of the molecule is Cc1ccc(C(=O)NCc2ccc3c(c2)OCO3)c(=O)n1-c1cccc(C(F)(F)F)c1. The smallest absolute Gasteiger partial charge is 0.416 e. The zero-order valence-electron chi connectivity index (χ0n) is 16.3. The van der Waals surface area contributed by atoms with Crippen molar-refractivity contribution in [2.75, 3.05) is 6.79 Å². The van der Waals surface area contributed by atoms with Crippen LogP contribution in [0.3, 0.4) is 0 Å². The Kier molecular flexibility index (Phi) is 5.18. The Bertz CT molecular complexity index is 1220. The van der Waals surface area contributed by atoms with Crippen molar-refractivity contribution in [3.63, 3.8) is 0 Å². The van der Waals surface area contributed by atoms with Crippen molar-refractivity contribution in [1.82, 2.24) is 9.88 Å².